The molecule has 3 heteroatoms. The SMILES string of the molecule is CC1CC(C)(C)CCC1(CN)N(C)C1CCSC1. The number of nitrogens with two attached hydrogens (primary N) is 1. The standard InChI is InChI=1S/C15H30N2S/c1-12-9-14(2,3)6-7-15(12,11-16)17(4)13-5-8-18-10-13/h12-13H,5-11,16H2,1-4H3. The molecule has 0 spiro atoms. The Balaban J connectivity index is 2.14. The van der Waals surface area contributed by atoms with Crippen LogP contribution in [0.4, 0.5) is 0 Å². The molecule has 0 aromatic carbocycles. The van der Waals surface area contributed by atoms with E-state index in [1.165, 1.54) is 37.2 Å². The van der Waals surface area contributed by atoms with Crippen molar-refractivity contribution < 1.29 is 0 Å². The zero-order valence-electron chi connectivity index (χ0n) is 12.5. The van der Waals surface area contributed by atoms with Gasteiger partial charge < -0.3 is 5.73 Å². The molecule has 3 unspecified atom stereocenters. The van der Waals surface area contributed by atoms with Crippen LogP contribution in [0.1, 0.15) is 46.5 Å². The molecule has 1 heterocycles. The van der Waals surface area contributed by atoms with E-state index in [1.807, 2.05) is 0 Å². The van der Waals surface area contributed by atoms with E-state index < -0.39 is 0 Å². The van der Waals surface area contributed by atoms with Gasteiger partial charge in [-0.25, -0.2) is 0 Å². The van der Waals surface area contributed by atoms with Gasteiger partial charge in [-0.15, -0.1) is 0 Å². The van der Waals surface area contributed by atoms with Crippen LogP contribution in [0.25, 0.3) is 0 Å². The zero-order valence-corrected chi connectivity index (χ0v) is 13.4. The summed E-state index contributed by atoms with van der Waals surface area (Å²) in [5.41, 5.74) is 7.00. The first-order chi connectivity index (χ1) is 8.41. The second kappa shape index (κ2) is 5.34. The molecular formula is C15H30N2S. The van der Waals surface area contributed by atoms with E-state index in [4.69, 9.17) is 5.73 Å². The van der Waals surface area contributed by atoms with Crippen LogP contribution in [0, 0.1) is 11.3 Å². The van der Waals surface area contributed by atoms with E-state index >= 15 is 0 Å². The lowest BCUT2D eigenvalue weighted by atomic mass is 9.63. The van der Waals surface area contributed by atoms with Crippen molar-refractivity contribution in [1.82, 2.24) is 4.90 Å². The maximum absolute atomic E-state index is 6.24. The molecule has 18 heavy (non-hydrogen) atoms. The summed E-state index contributed by atoms with van der Waals surface area (Å²) < 4.78 is 0. The van der Waals surface area contributed by atoms with Crippen molar-refractivity contribution in [3.05, 3.63) is 0 Å². The Bertz CT molecular complexity index is 286. The topological polar surface area (TPSA) is 29.3 Å². The molecule has 0 aromatic rings. The molecule has 3 atom stereocenters. The first kappa shape index (κ1) is 14.7. The third kappa shape index (κ3) is 2.59. The van der Waals surface area contributed by atoms with E-state index in [0.717, 1.165) is 12.6 Å². The predicted molar refractivity (Wildman–Crippen MR) is 82.1 cm³/mol. The number of likely N-dealkylation sites (N-methyl/N-ethyl adjacent to an activating group) is 1. The molecule has 1 saturated carbocycles. The minimum Gasteiger partial charge on any atom is -0.329 e. The second-order valence-electron chi connectivity index (χ2n) is 7.21. The Labute approximate surface area is 117 Å². The van der Waals surface area contributed by atoms with Gasteiger partial charge in [-0.3, -0.25) is 4.90 Å². The van der Waals surface area contributed by atoms with Gasteiger partial charge in [0.05, 0.1) is 0 Å². The molecule has 1 saturated heterocycles. The van der Waals surface area contributed by atoms with E-state index in [9.17, 15) is 0 Å². The highest BCUT2D eigenvalue weighted by Crippen LogP contribution is 2.47. The van der Waals surface area contributed by atoms with Gasteiger partial charge >= 0.3 is 0 Å². The fourth-order valence-corrected chi connectivity index (χ4v) is 5.35. The normalized spacial score (nSPS) is 40.3. The molecule has 2 nitrogen and oxygen atoms in total. The summed E-state index contributed by atoms with van der Waals surface area (Å²) in [5, 5.41) is 0. The molecule has 2 aliphatic rings. The van der Waals surface area contributed by atoms with Crippen molar-refractivity contribution in [3.8, 4) is 0 Å². The third-order valence-corrected chi connectivity index (χ3v) is 6.66. The van der Waals surface area contributed by atoms with Crippen LogP contribution in [0.5, 0.6) is 0 Å². The van der Waals surface area contributed by atoms with Crippen molar-refractivity contribution in [2.24, 2.45) is 17.1 Å². The van der Waals surface area contributed by atoms with Crippen LogP contribution in [-0.2, 0) is 0 Å². The van der Waals surface area contributed by atoms with Crippen molar-refractivity contribution in [2.45, 2.75) is 58.0 Å². The van der Waals surface area contributed by atoms with Crippen LogP contribution in [0.2, 0.25) is 0 Å². The minimum atomic E-state index is 0.255. The van der Waals surface area contributed by atoms with Gasteiger partial charge in [-0.2, -0.15) is 11.8 Å². The molecule has 2 N–H and O–H groups in total. The maximum Gasteiger partial charge on any atom is 0.0357 e. The smallest absolute Gasteiger partial charge is 0.0357 e. The van der Waals surface area contributed by atoms with Gasteiger partial charge in [0.2, 0.25) is 0 Å². The molecule has 2 fully saturated rings. The highest BCUT2D eigenvalue weighted by atomic mass is 32.2. The first-order valence-electron chi connectivity index (χ1n) is 7.42. The van der Waals surface area contributed by atoms with Crippen LogP contribution < -0.4 is 5.73 Å². The molecule has 1 aliphatic heterocycles. The Morgan fingerprint density at radius 2 is 2.06 bits per heavy atom. The Kier molecular flexibility index (Phi) is 4.35. The summed E-state index contributed by atoms with van der Waals surface area (Å²) in [6, 6.07) is 0.752. The molecular weight excluding hydrogens is 240 g/mol. The van der Waals surface area contributed by atoms with Crippen LogP contribution in [-0.4, -0.2) is 41.6 Å². The fraction of sp³-hybridized carbons (Fsp3) is 1.00. The average molecular weight is 270 g/mol. The number of hydrogen-bond donors (Lipinski definition) is 1. The zero-order chi connectivity index (χ0) is 13.4. The summed E-state index contributed by atoms with van der Waals surface area (Å²) in [4.78, 5) is 2.66. The van der Waals surface area contributed by atoms with Gasteiger partial charge in [-0.05, 0) is 49.8 Å². The Hall–Kier alpha value is 0.270. The average Bonchev–Trinajstić information content (AvgIpc) is 2.81. The lowest BCUT2D eigenvalue weighted by molar-refractivity contribution is -0.0250. The summed E-state index contributed by atoms with van der Waals surface area (Å²) in [7, 11) is 2.33. The van der Waals surface area contributed by atoms with Gasteiger partial charge in [0.15, 0.2) is 0 Å². The summed E-state index contributed by atoms with van der Waals surface area (Å²) >= 11 is 2.10. The van der Waals surface area contributed by atoms with Crippen molar-refractivity contribution in [1.29, 1.82) is 0 Å². The molecule has 1 aliphatic carbocycles. The lowest BCUT2D eigenvalue weighted by Gasteiger charge is -2.54. The van der Waals surface area contributed by atoms with Crippen LogP contribution >= 0.6 is 11.8 Å². The van der Waals surface area contributed by atoms with Crippen LogP contribution in [0.15, 0.2) is 0 Å². The number of rotatable bonds is 3. The number of nitrogens with zero attached hydrogens (tertiary/aromatic N) is 1. The van der Waals surface area contributed by atoms with E-state index in [1.54, 1.807) is 0 Å². The van der Waals surface area contributed by atoms with Gasteiger partial charge in [-0.1, -0.05) is 20.8 Å². The maximum atomic E-state index is 6.24. The fourth-order valence-electron chi connectivity index (χ4n) is 4.08. The van der Waals surface area contributed by atoms with Crippen molar-refractivity contribution in [3.63, 3.8) is 0 Å². The van der Waals surface area contributed by atoms with E-state index in [2.05, 4.69) is 44.5 Å². The number of hydrogen-bond acceptors (Lipinski definition) is 3. The predicted octanol–water partition coefficient (Wildman–Crippen LogP) is 2.97. The Morgan fingerprint density at radius 3 is 2.56 bits per heavy atom. The molecule has 0 amide bonds. The molecule has 0 aromatic heterocycles. The molecule has 0 bridgehead atoms. The van der Waals surface area contributed by atoms with Crippen LogP contribution in [0.3, 0.4) is 0 Å². The summed E-state index contributed by atoms with van der Waals surface area (Å²) in [6.07, 6.45) is 5.25. The lowest BCUT2D eigenvalue weighted by Crippen LogP contribution is -2.62. The molecule has 0 radical (unpaired) electrons. The van der Waals surface area contributed by atoms with Gasteiger partial charge in [0.25, 0.3) is 0 Å². The number of thioether (sulfide) groups is 1. The molecule has 106 valence electrons. The quantitative estimate of drug-likeness (QED) is 0.855. The first-order valence-corrected chi connectivity index (χ1v) is 8.57. The van der Waals surface area contributed by atoms with Gasteiger partial charge in [0, 0.05) is 23.9 Å². The van der Waals surface area contributed by atoms with Crippen molar-refractivity contribution >= 4 is 11.8 Å². The largest absolute Gasteiger partial charge is 0.329 e. The minimum absolute atomic E-state index is 0.255. The highest BCUT2D eigenvalue weighted by molar-refractivity contribution is 7.99. The molecule has 2 rings (SSSR count). The monoisotopic (exact) mass is 270 g/mol. The van der Waals surface area contributed by atoms with E-state index in [0.29, 0.717) is 11.3 Å². The second-order valence-corrected chi connectivity index (χ2v) is 8.36. The summed E-state index contributed by atoms with van der Waals surface area (Å²) in [5.74, 6) is 3.34. The van der Waals surface area contributed by atoms with Crippen molar-refractivity contribution in [2.75, 3.05) is 25.1 Å². The van der Waals surface area contributed by atoms with Gasteiger partial charge in [0.1, 0.15) is 0 Å². The highest BCUT2D eigenvalue weighted by Gasteiger charge is 2.47. The Morgan fingerprint density at radius 1 is 1.33 bits per heavy atom. The third-order valence-electron chi connectivity index (χ3n) is 5.52. The summed E-state index contributed by atoms with van der Waals surface area (Å²) in [6.45, 7) is 8.07. The van der Waals surface area contributed by atoms with E-state index in [-0.39, 0.29) is 5.54 Å².